The smallest absolute Gasteiger partial charge is 0.309 e. The Morgan fingerprint density at radius 3 is 2.58 bits per heavy atom. The maximum atomic E-state index is 12.6. The Hall–Kier alpha value is -2.69. The highest BCUT2D eigenvalue weighted by Gasteiger charge is 2.35. The van der Waals surface area contributed by atoms with E-state index in [0.717, 1.165) is 28.0 Å². The van der Waals surface area contributed by atoms with Crippen LogP contribution in [0.25, 0.3) is 0 Å². The minimum atomic E-state index is -3.30. The molecule has 0 spiro atoms. The standard InChI is InChI=1S/C29H35NO6S2/c1-6-23-17-30(38(33,34)27-10-8-7-9-24(27)36-23)16-22-15-21(12-11-18(22)2)28(19(3)29(32)35-5)26-14-13-25(37-26)20(4)31/h7-15,19,23,28,33-34H,6,16-17H2,1-5H3. The van der Waals surface area contributed by atoms with Crippen molar-refractivity contribution in [3.05, 3.63) is 81.0 Å². The van der Waals surface area contributed by atoms with Gasteiger partial charge in [0.1, 0.15) is 16.7 Å². The lowest BCUT2D eigenvalue weighted by atomic mass is 9.84. The number of ketones is 1. The number of hydrogen-bond donors (Lipinski definition) is 2. The van der Waals surface area contributed by atoms with E-state index in [0.29, 0.717) is 28.6 Å². The molecule has 3 atom stereocenters. The third kappa shape index (κ3) is 5.67. The van der Waals surface area contributed by atoms with Crippen LogP contribution < -0.4 is 4.74 Å². The molecule has 0 radical (unpaired) electrons. The van der Waals surface area contributed by atoms with Crippen molar-refractivity contribution in [2.75, 3.05) is 13.7 Å². The average Bonchev–Trinajstić information content (AvgIpc) is 3.35. The first-order valence-corrected chi connectivity index (χ1v) is 15.0. The van der Waals surface area contributed by atoms with Crippen LogP contribution in [0, 0.1) is 12.8 Å². The first-order valence-electron chi connectivity index (χ1n) is 12.6. The maximum Gasteiger partial charge on any atom is 0.309 e. The number of rotatable bonds is 8. The summed E-state index contributed by atoms with van der Waals surface area (Å²) in [5.74, 6) is -0.668. The van der Waals surface area contributed by atoms with E-state index in [-0.39, 0.29) is 23.8 Å². The van der Waals surface area contributed by atoms with E-state index in [1.54, 1.807) is 28.6 Å². The second kappa shape index (κ2) is 11.6. The number of ether oxygens (including phenoxy) is 2. The molecule has 7 nitrogen and oxygen atoms in total. The molecule has 1 aromatic heterocycles. The molecular weight excluding hydrogens is 522 g/mol. The quantitative estimate of drug-likeness (QED) is 0.230. The second-order valence-corrected chi connectivity index (χ2v) is 12.8. The van der Waals surface area contributed by atoms with Gasteiger partial charge in [-0.25, -0.2) is 0 Å². The zero-order valence-electron chi connectivity index (χ0n) is 22.3. The van der Waals surface area contributed by atoms with Crippen LogP contribution in [0.3, 0.4) is 0 Å². The van der Waals surface area contributed by atoms with Crippen molar-refractivity contribution >= 4 is 33.9 Å². The first kappa shape index (κ1) is 28.3. The number of carbonyl (C=O) groups is 2. The molecule has 38 heavy (non-hydrogen) atoms. The van der Waals surface area contributed by atoms with Gasteiger partial charge in [-0.2, -0.15) is 4.31 Å². The molecule has 1 aliphatic rings. The summed E-state index contributed by atoms with van der Waals surface area (Å²) in [7, 11) is -1.93. The number of methoxy groups -OCH3 is 1. The number of aryl methyl sites for hydroxylation is 1. The summed E-state index contributed by atoms with van der Waals surface area (Å²) < 4.78 is 35.8. The van der Waals surface area contributed by atoms with Gasteiger partial charge in [-0.1, -0.05) is 44.2 Å². The van der Waals surface area contributed by atoms with Crippen molar-refractivity contribution in [2.24, 2.45) is 5.92 Å². The van der Waals surface area contributed by atoms with Crippen molar-refractivity contribution < 1.29 is 28.2 Å². The topological polar surface area (TPSA) is 96.3 Å². The predicted octanol–water partition coefficient (Wildman–Crippen LogP) is 6.90. The number of Topliss-reactive ketones (excluding diaryl/α,β-unsaturated/α-hetero) is 1. The SMILES string of the molecule is CCC1CN(Cc2cc(C(c3ccc(C(C)=O)s3)C(C)C(=O)OC)ccc2C)S(O)(O)c2ccccc2O1. The van der Waals surface area contributed by atoms with Gasteiger partial charge in [0.15, 0.2) is 5.78 Å². The van der Waals surface area contributed by atoms with Crippen LogP contribution in [0.15, 0.2) is 59.5 Å². The van der Waals surface area contributed by atoms with Crippen LogP contribution in [-0.2, 0) is 16.1 Å². The van der Waals surface area contributed by atoms with Gasteiger partial charge >= 0.3 is 5.97 Å². The summed E-state index contributed by atoms with van der Waals surface area (Å²) in [6.45, 7) is 8.01. The van der Waals surface area contributed by atoms with E-state index in [1.807, 2.05) is 51.1 Å². The monoisotopic (exact) mass is 557 g/mol. The minimum Gasteiger partial charge on any atom is -0.487 e. The largest absolute Gasteiger partial charge is 0.487 e. The molecule has 0 saturated carbocycles. The zero-order valence-corrected chi connectivity index (χ0v) is 24.0. The minimum absolute atomic E-state index is 0.0188. The molecule has 204 valence electrons. The first-order chi connectivity index (χ1) is 18.1. The molecule has 9 heteroatoms. The van der Waals surface area contributed by atoms with Gasteiger partial charge in [0.25, 0.3) is 0 Å². The van der Waals surface area contributed by atoms with Crippen molar-refractivity contribution in [3.63, 3.8) is 0 Å². The molecule has 2 heterocycles. The molecule has 2 N–H and O–H groups in total. The average molecular weight is 558 g/mol. The molecular formula is C29H35NO6S2. The van der Waals surface area contributed by atoms with Crippen LogP contribution in [0.1, 0.15) is 64.3 Å². The molecule has 0 saturated heterocycles. The van der Waals surface area contributed by atoms with Crippen LogP contribution in [0.4, 0.5) is 0 Å². The second-order valence-electron chi connectivity index (χ2n) is 9.67. The van der Waals surface area contributed by atoms with Crippen molar-refractivity contribution in [1.82, 2.24) is 4.31 Å². The van der Waals surface area contributed by atoms with Crippen molar-refractivity contribution in [1.29, 1.82) is 0 Å². The Bertz CT molecular complexity index is 1320. The van der Waals surface area contributed by atoms with E-state index in [1.165, 1.54) is 25.4 Å². The predicted molar refractivity (Wildman–Crippen MR) is 151 cm³/mol. The van der Waals surface area contributed by atoms with Crippen LogP contribution in [0.2, 0.25) is 0 Å². The Kier molecular flexibility index (Phi) is 8.64. The fraction of sp³-hybridized carbons (Fsp3) is 0.379. The summed E-state index contributed by atoms with van der Waals surface area (Å²) in [6.07, 6.45) is 0.520. The van der Waals surface area contributed by atoms with E-state index < -0.39 is 16.7 Å². The van der Waals surface area contributed by atoms with Gasteiger partial charge < -0.3 is 9.47 Å². The lowest BCUT2D eigenvalue weighted by molar-refractivity contribution is -0.145. The van der Waals surface area contributed by atoms with Gasteiger partial charge in [-0.05, 0) is 61.2 Å². The molecule has 3 aromatic rings. The Morgan fingerprint density at radius 1 is 1.18 bits per heavy atom. The Balaban J connectivity index is 1.75. The summed E-state index contributed by atoms with van der Waals surface area (Å²) in [5, 5.41) is 0. The van der Waals surface area contributed by atoms with Crippen LogP contribution >= 0.6 is 22.1 Å². The van der Waals surface area contributed by atoms with E-state index in [2.05, 4.69) is 0 Å². The molecule has 3 unspecified atom stereocenters. The zero-order chi connectivity index (χ0) is 27.6. The van der Waals surface area contributed by atoms with E-state index in [4.69, 9.17) is 9.47 Å². The van der Waals surface area contributed by atoms with Crippen molar-refractivity contribution in [2.45, 2.75) is 57.6 Å². The van der Waals surface area contributed by atoms with Gasteiger partial charge in [0, 0.05) is 17.3 Å². The van der Waals surface area contributed by atoms with Crippen LogP contribution in [0.5, 0.6) is 5.75 Å². The van der Waals surface area contributed by atoms with Crippen LogP contribution in [-0.4, -0.2) is 44.9 Å². The van der Waals surface area contributed by atoms with Gasteiger partial charge in [0.2, 0.25) is 0 Å². The fourth-order valence-electron chi connectivity index (χ4n) is 4.80. The highest BCUT2D eigenvalue weighted by molar-refractivity contribution is 8.22. The summed E-state index contributed by atoms with van der Waals surface area (Å²) in [5.41, 5.74) is 2.81. The van der Waals surface area contributed by atoms with Gasteiger partial charge in [-0.3, -0.25) is 18.7 Å². The maximum absolute atomic E-state index is 12.6. The van der Waals surface area contributed by atoms with Gasteiger partial charge in [0.05, 0.1) is 24.4 Å². The van der Waals surface area contributed by atoms with Crippen molar-refractivity contribution in [3.8, 4) is 5.75 Å². The molecule has 0 amide bonds. The number of fused-ring (bicyclic) bond motifs is 1. The molecule has 2 aromatic carbocycles. The Morgan fingerprint density at radius 2 is 1.92 bits per heavy atom. The molecule has 0 fully saturated rings. The summed E-state index contributed by atoms with van der Waals surface area (Å²) in [6, 6.07) is 16.8. The number of nitrogens with zero attached hydrogens (tertiary/aromatic N) is 1. The lowest BCUT2D eigenvalue weighted by Gasteiger charge is -2.42. The fourth-order valence-corrected chi connectivity index (χ4v) is 7.56. The summed E-state index contributed by atoms with van der Waals surface area (Å²) in [4.78, 5) is 26.6. The van der Waals surface area contributed by atoms with E-state index >= 15 is 0 Å². The number of esters is 1. The highest BCUT2D eigenvalue weighted by atomic mass is 32.3. The molecule has 0 aliphatic carbocycles. The third-order valence-electron chi connectivity index (χ3n) is 7.09. The number of carbonyl (C=O) groups excluding carboxylic acids is 2. The highest BCUT2D eigenvalue weighted by Crippen LogP contribution is 2.57. The number of thiophene rings is 1. The number of para-hydroxylation sites is 1. The molecule has 0 bridgehead atoms. The number of hydrogen-bond acceptors (Lipinski definition) is 8. The number of benzene rings is 2. The Labute approximate surface area is 229 Å². The van der Waals surface area contributed by atoms with E-state index in [9.17, 15) is 18.7 Å². The summed E-state index contributed by atoms with van der Waals surface area (Å²) >= 11 is 1.38. The lowest BCUT2D eigenvalue weighted by Crippen LogP contribution is -2.34. The third-order valence-corrected chi connectivity index (χ3v) is 10.3. The normalized spacial score (nSPS) is 19.4. The molecule has 1 aliphatic heterocycles. The van der Waals surface area contributed by atoms with Gasteiger partial charge in [-0.15, -0.1) is 22.1 Å². The molecule has 4 rings (SSSR count).